The van der Waals surface area contributed by atoms with Crippen LogP contribution in [0.15, 0.2) is 0 Å². The number of rotatable bonds is 16. The quantitative estimate of drug-likeness (QED) is 0.189. The predicted molar refractivity (Wildman–Crippen MR) is 103 cm³/mol. The van der Waals surface area contributed by atoms with Crippen LogP contribution in [0.25, 0.3) is 0 Å². The van der Waals surface area contributed by atoms with Crippen LogP contribution in [0.1, 0.15) is 96.8 Å². The molecule has 0 heterocycles. The van der Waals surface area contributed by atoms with Gasteiger partial charge in [-0.3, -0.25) is 4.79 Å². The largest absolute Gasteiger partial charge is 0.692 e. The monoisotopic (exact) mass is 411 g/mol. The minimum atomic E-state index is -2.87. The SMILES string of the molecule is CCCCCCCCCCCCCCC(O)(CC(=O)O)C(=O)O.O=[P+](O)O. The third-order valence-corrected chi connectivity index (χ3v) is 4.29. The number of aliphatic hydroxyl groups is 1. The van der Waals surface area contributed by atoms with E-state index < -0.39 is 32.2 Å². The first-order chi connectivity index (χ1) is 12.7. The Bertz CT molecular complexity index is 412. The third-order valence-electron chi connectivity index (χ3n) is 4.29. The zero-order valence-electron chi connectivity index (χ0n) is 16.3. The number of carboxylic acid groups (broad SMARTS) is 2. The molecular weight excluding hydrogens is 375 g/mol. The molecule has 0 radical (unpaired) electrons. The third kappa shape index (κ3) is 21.1. The summed E-state index contributed by atoms with van der Waals surface area (Å²) >= 11 is 0. The summed E-state index contributed by atoms with van der Waals surface area (Å²) < 4.78 is 8.70. The molecule has 0 saturated heterocycles. The molecule has 1 unspecified atom stereocenters. The van der Waals surface area contributed by atoms with Crippen molar-refractivity contribution in [3.63, 3.8) is 0 Å². The number of carboxylic acids is 2. The van der Waals surface area contributed by atoms with Gasteiger partial charge >= 0.3 is 20.2 Å². The van der Waals surface area contributed by atoms with Crippen molar-refractivity contribution in [3.05, 3.63) is 0 Å². The van der Waals surface area contributed by atoms with Gasteiger partial charge in [0.1, 0.15) is 0 Å². The molecule has 0 aromatic heterocycles. The minimum Gasteiger partial charge on any atom is -0.481 e. The molecule has 0 saturated carbocycles. The molecule has 1 atom stereocenters. The molecular formula is C18H36O8P+. The highest BCUT2D eigenvalue weighted by molar-refractivity contribution is 7.30. The van der Waals surface area contributed by atoms with Crippen LogP contribution in [0, 0.1) is 0 Å². The lowest BCUT2D eigenvalue weighted by Gasteiger charge is -2.21. The average molecular weight is 411 g/mol. The zero-order valence-corrected chi connectivity index (χ0v) is 17.2. The normalized spacial score (nSPS) is 12.6. The van der Waals surface area contributed by atoms with Gasteiger partial charge in [-0.05, 0) is 12.8 Å². The molecule has 9 heteroatoms. The Hall–Kier alpha value is -1.08. The van der Waals surface area contributed by atoms with E-state index in [9.17, 15) is 14.7 Å². The van der Waals surface area contributed by atoms with Crippen molar-refractivity contribution in [2.75, 3.05) is 0 Å². The maximum Gasteiger partial charge on any atom is 0.692 e. The van der Waals surface area contributed by atoms with Gasteiger partial charge in [0.05, 0.1) is 6.42 Å². The minimum absolute atomic E-state index is 0.00601. The Morgan fingerprint density at radius 1 is 0.778 bits per heavy atom. The summed E-state index contributed by atoms with van der Waals surface area (Å²) in [6.45, 7) is 2.22. The van der Waals surface area contributed by atoms with Crippen molar-refractivity contribution in [3.8, 4) is 0 Å². The predicted octanol–water partition coefficient (Wildman–Crippen LogP) is 4.00. The molecule has 0 spiro atoms. The van der Waals surface area contributed by atoms with Gasteiger partial charge in [-0.1, -0.05) is 77.6 Å². The molecule has 0 aliphatic rings. The second-order valence-electron chi connectivity index (χ2n) is 6.80. The topological polar surface area (TPSA) is 152 Å². The smallest absolute Gasteiger partial charge is 0.481 e. The Labute approximate surface area is 162 Å². The summed E-state index contributed by atoms with van der Waals surface area (Å²) in [6.07, 6.45) is 13.2. The van der Waals surface area contributed by atoms with E-state index in [0.717, 1.165) is 19.3 Å². The highest BCUT2D eigenvalue weighted by atomic mass is 31.1. The van der Waals surface area contributed by atoms with Crippen LogP contribution in [0.3, 0.4) is 0 Å². The fourth-order valence-corrected chi connectivity index (χ4v) is 2.78. The summed E-state index contributed by atoms with van der Waals surface area (Å²) in [4.78, 5) is 35.8. The van der Waals surface area contributed by atoms with E-state index in [0.29, 0.717) is 6.42 Å². The van der Waals surface area contributed by atoms with Gasteiger partial charge in [0, 0.05) is 4.57 Å². The second-order valence-corrected chi connectivity index (χ2v) is 7.30. The van der Waals surface area contributed by atoms with E-state index in [1.54, 1.807) is 0 Å². The fourth-order valence-electron chi connectivity index (χ4n) is 2.78. The lowest BCUT2D eigenvalue weighted by atomic mass is 9.92. The molecule has 8 nitrogen and oxygen atoms in total. The molecule has 0 aliphatic carbocycles. The van der Waals surface area contributed by atoms with Crippen molar-refractivity contribution in [1.29, 1.82) is 0 Å². The fraction of sp³-hybridized carbons (Fsp3) is 0.889. The molecule has 27 heavy (non-hydrogen) atoms. The highest BCUT2D eigenvalue weighted by Crippen LogP contribution is 2.21. The van der Waals surface area contributed by atoms with Gasteiger partial charge in [0.15, 0.2) is 5.60 Å². The van der Waals surface area contributed by atoms with E-state index in [-0.39, 0.29) is 6.42 Å². The van der Waals surface area contributed by atoms with E-state index in [1.165, 1.54) is 51.4 Å². The number of unbranched alkanes of at least 4 members (excludes halogenated alkanes) is 11. The summed E-state index contributed by atoms with van der Waals surface area (Å²) in [5.74, 6) is -2.73. The lowest BCUT2D eigenvalue weighted by molar-refractivity contribution is -0.166. The summed E-state index contributed by atoms with van der Waals surface area (Å²) in [5.41, 5.74) is -2.12. The van der Waals surface area contributed by atoms with Crippen LogP contribution in [0.4, 0.5) is 0 Å². The van der Waals surface area contributed by atoms with E-state index in [1.807, 2.05) is 0 Å². The van der Waals surface area contributed by atoms with Crippen LogP contribution in [0.2, 0.25) is 0 Å². The summed E-state index contributed by atoms with van der Waals surface area (Å²) in [5, 5.41) is 27.5. The molecule has 0 fully saturated rings. The van der Waals surface area contributed by atoms with Crippen LogP contribution in [-0.4, -0.2) is 42.6 Å². The van der Waals surface area contributed by atoms with Gasteiger partial charge in [0.25, 0.3) is 0 Å². The maximum absolute atomic E-state index is 11.0. The molecule has 160 valence electrons. The molecule has 5 N–H and O–H groups in total. The molecule has 0 aliphatic heterocycles. The molecule has 0 aromatic rings. The van der Waals surface area contributed by atoms with Crippen molar-refractivity contribution in [2.45, 2.75) is 102 Å². The Morgan fingerprint density at radius 2 is 1.11 bits per heavy atom. The van der Waals surface area contributed by atoms with E-state index in [2.05, 4.69) is 6.92 Å². The molecule has 0 amide bonds. The first-order valence-corrected chi connectivity index (χ1v) is 10.8. The number of aliphatic carboxylic acids is 2. The second kappa shape index (κ2) is 18.3. The Balaban J connectivity index is 0. The van der Waals surface area contributed by atoms with Crippen LogP contribution < -0.4 is 0 Å². The number of hydrogen-bond donors (Lipinski definition) is 5. The van der Waals surface area contributed by atoms with Gasteiger partial charge < -0.3 is 15.3 Å². The molecule has 0 rings (SSSR count). The van der Waals surface area contributed by atoms with Crippen molar-refractivity contribution < 1.29 is 39.3 Å². The number of carbonyl (C=O) groups is 2. The van der Waals surface area contributed by atoms with Gasteiger partial charge in [0.2, 0.25) is 0 Å². The van der Waals surface area contributed by atoms with E-state index >= 15 is 0 Å². The highest BCUT2D eigenvalue weighted by Gasteiger charge is 2.37. The average Bonchev–Trinajstić information content (AvgIpc) is 2.54. The standard InChI is InChI=1S/C18H34O5.HO3P/c1-2-3-4-5-6-7-8-9-10-11-12-13-14-18(23,17(21)22)15-16(19)20;1-4(2)3/h23H,2-15H2,1H3,(H,19,20)(H,21,22);(H-,1,2,3)/p+1. The van der Waals surface area contributed by atoms with Gasteiger partial charge in [-0.25, -0.2) is 4.79 Å². The lowest BCUT2D eigenvalue weighted by Crippen LogP contribution is -2.40. The van der Waals surface area contributed by atoms with E-state index in [4.69, 9.17) is 24.6 Å². The van der Waals surface area contributed by atoms with Gasteiger partial charge in [-0.2, -0.15) is 0 Å². The van der Waals surface area contributed by atoms with Crippen LogP contribution >= 0.6 is 8.25 Å². The molecule has 0 bridgehead atoms. The van der Waals surface area contributed by atoms with Crippen LogP contribution in [0.5, 0.6) is 0 Å². The summed E-state index contributed by atoms with van der Waals surface area (Å²) in [6, 6.07) is 0. The number of hydrogen-bond acceptors (Lipinski definition) is 4. The zero-order chi connectivity index (χ0) is 21.1. The van der Waals surface area contributed by atoms with Crippen LogP contribution in [-0.2, 0) is 14.2 Å². The first kappa shape index (κ1) is 28.1. The Kier molecular flexibility index (Phi) is 19.1. The maximum atomic E-state index is 11.0. The summed E-state index contributed by atoms with van der Waals surface area (Å²) in [7, 11) is -2.87. The van der Waals surface area contributed by atoms with Crippen molar-refractivity contribution in [2.24, 2.45) is 0 Å². The Morgan fingerprint density at radius 3 is 1.41 bits per heavy atom. The van der Waals surface area contributed by atoms with Crippen molar-refractivity contribution >= 4 is 20.2 Å². The van der Waals surface area contributed by atoms with Gasteiger partial charge in [-0.15, -0.1) is 9.79 Å². The first-order valence-electron chi connectivity index (χ1n) is 9.68. The molecule has 0 aromatic carbocycles. The van der Waals surface area contributed by atoms with Crippen molar-refractivity contribution in [1.82, 2.24) is 0 Å².